The van der Waals surface area contributed by atoms with Gasteiger partial charge in [-0.25, -0.2) is 4.39 Å². The van der Waals surface area contributed by atoms with Crippen LogP contribution >= 0.6 is 11.6 Å². The first-order chi connectivity index (χ1) is 9.11. The van der Waals surface area contributed by atoms with Crippen molar-refractivity contribution in [3.63, 3.8) is 0 Å². The lowest BCUT2D eigenvalue weighted by atomic mass is 10.0. The van der Waals surface area contributed by atoms with Crippen LogP contribution in [-0.2, 0) is 6.42 Å². The van der Waals surface area contributed by atoms with Gasteiger partial charge in [0.25, 0.3) is 0 Å². The molecule has 2 aromatic rings. The molecule has 2 aromatic carbocycles. The van der Waals surface area contributed by atoms with Crippen LogP contribution in [0, 0.1) is 5.82 Å². The van der Waals surface area contributed by atoms with Crippen molar-refractivity contribution in [1.82, 2.24) is 0 Å². The van der Waals surface area contributed by atoms with Crippen molar-refractivity contribution in [2.45, 2.75) is 19.8 Å². The van der Waals surface area contributed by atoms with Crippen LogP contribution in [0.1, 0.15) is 34.8 Å². The second-order valence-corrected chi connectivity index (χ2v) is 4.84. The Hall–Kier alpha value is -1.67. The molecule has 0 unspecified atom stereocenters. The van der Waals surface area contributed by atoms with Crippen molar-refractivity contribution < 1.29 is 9.18 Å². The molecule has 0 aliphatic carbocycles. The Morgan fingerprint density at radius 1 is 1.16 bits per heavy atom. The van der Waals surface area contributed by atoms with Gasteiger partial charge in [-0.15, -0.1) is 0 Å². The number of aryl methyl sites for hydroxylation is 1. The molecule has 3 heteroatoms. The third-order valence-corrected chi connectivity index (χ3v) is 3.17. The molecule has 0 aliphatic rings. The highest BCUT2D eigenvalue weighted by Crippen LogP contribution is 2.18. The van der Waals surface area contributed by atoms with E-state index in [1.165, 1.54) is 17.7 Å². The SMILES string of the molecule is CCCc1ccc(C(=O)c2ccc(Cl)cc2F)cc1. The van der Waals surface area contributed by atoms with Crippen molar-refractivity contribution in [1.29, 1.82) is 0 Å². The van der Waals surface area contributed by atoms with E-state index in [-0.39, 0.29) is 16.4 Å². The van der Waals surface area contributed by atoms with Crippen LogP contribution in [0.2, 0.25) is 5.02 Å². The maximum Gasteiger partial charge on any atom is 0.195 e. The first-order valence-electron chi connectivity index (χ1n) is 6.20. The predicted molar refractivity (Wildman–Crippen MR) is 75.3 cm³/mol. The lowest BCUT2D eigenvalue weighted by molar-refractivity contribution is 0.103. The van der Waals surface area contributed by atoms with Crippen LogP contribution in [-0.4, -0.2) is 5.78 Å². The summed E-state index contributed by atoms with van der Waals surface area (Å²) in [6, 6.07) is 11.4. The minimum atomic E-state index is -0.588. The van der Waals surface area contributed by atoms with Crippen LogP contribution in [0.5, 0.6) is 0 Å². The van der Waals surface area contributed by atoms with Gasteiger partial charge in [0, 0.05) is 10.6 Å². The van der Waals surface area contributed by atoms with Gasteiger partial charge in [-0.2, -0.15) is 0 Å². The van der Waals surface area contributed by atoms with Crippen molar-refractivity contribution in [2.75, 3.05) is 0 Å². The summed E-state index contributed by atoms with van der Waals surface area (Å²) in [7, 11) is 0. The molecule has 0 atom stereocenters. The highest BCUT2D eigenvalue weighted by molar-refractivity contribution is 6.30. The molecule has 19 heavy (non-hydrogen) atoms. The molecule has 0 bridgehead atoms. The van der Waals surface area contributed by atoms with Gasteiger partial charge in [-0.1, -0.05) is 49.2 Å². The molecule has 0 N–H and O–H groups in total. The summed E-state index contributed by atoms with van der Waals surface area (Å²) in [6.07, 6.45) is 2.03. The van der Waals surface area contributed by atoms with Crippen LogP contribution in [0.3, 0.4) is 0 Å². The molecule has 2 rings (SSSR count). The third kappa shape index (κ3) is 3.21. The summed E-state index contributed by atoms with van der Waals surface area (Å²) in [6.45, 7) is 2.10. The van der Waals surface area contributed by atoms with E-state index in [1.54, 1.807) is 12.1 Å². The highest BCUT2D eigenvalue weighted by Gasteiger charge is 2.14. The Balaban J connectivity index is 2.28. The largest absolute Gasteiger partial charge is 0.288 e. The Labute approximate surface area is 117 Å². The van der Waals surface area contributed by atoms with E-state index in [9.17, 15) is 9.18 Å². The Kier molecular flexibility index (Phi) is 4.33. The lowest BCUT2D eigenvalue weighted by Crippen LogP contribution is -2.04. The maximum atomic E-state index is 13.7. The van der Waals surface area contributed by atoms with Crippen molar-refractivity contribution in [2.24, 2.45) is 0 Å². The van der Waals surface area contributed by atoms with E-state index in [0.717, 1.165) is 18.9 Å². The molecule has 0 heterocycles. The first kappa shape index (κ1) is 13.8. The highest BCUT2D eigenvalue weighted by atomic mass is 35.5. The van der Waals surface area contributed by atoms with Gasteiger partial charge < -0.3 is 0 Å². The lowest BCUT2D eigenvalue weighted by Gasteiger charge is -2.04. The Bertz CT molecular complexity index is 590. The van der Waals surface area contributed by atoms with E-state index in [0.29, 0.717) is 5.56 Å². The topological polar surface area (TPSA) is 17.1 Å². The zero-order valence-electron chi connectivity index (χ0n) is 10.6. The average molecular weight is 277 g/mol. The normalized spacial score (nSPS) is 10.5. The fraction of sp³-hybridized carbons (Fsp3) is 0.188. The van der Waals surface area contributed by atoms with E-state index in [4.69, 9.17) is 11.6 Å². The number of benzene rings is 2. The van der Waals surface area contributed by atoms with E-state index in [1.807, 2.05) is 12.1 Å². The molecule has 0 saturated carbocycles. The second kappa shape index (κ2) is 5.98. The minimum absolute atomic E-state index is 0.0487. The molecular formula is C16H14ClFO. The number of carbonyl (C=O) groups excluding carboxylic acids is 1. The van der Waals surface area contributed by atoms with Gasteiger partial charge in [0.1, 0.15) is 5.82 Å². The van der Waals surface area contributed by atoms with Gasteiger partial charge >= 0.3 is 0 Å². The fourth-order valence-corrected chi connectivity index (χ4v) is 2.10. The molecule has 0 fully saturated rings. The fourth-order valence-electron chi connectivity index (χ4n) is 1.94. The van der Waals surface area contributed by atoms with E-state index < -0.39 is 5.82 Å². The third-order valence-electron chi connectivity index (χ3n) is 2.93. The average Bonchev–Trinajstić information content (AvgIpc) is 2.39. The number of rotatable bonds is 4. The van der Waals surface area contributed by atoms with Crippen LogP contribution < -0.4 is 0 Å². The summed E-state index contributed by atoms with van der Waals surface area (Å²) in [4.78, 5) is 12.2. The molecular weight excluding hydrogens is 263 g/mol. The van der Waals surface area contributed by atoms with Crippen molar-refractivity contribution >= 4 is 17.4 Å². The van der Waals surface area contributed by atoms with E-state index >= 15 is 0 Å². The zero-order valence-corrected chi connectivity index (χ0v) is 11.4. The zero-order chi connectivity index (χ0) is 13.8. The molecule has 0 radical (unpaired) electrons. The molecule has 0 spiro atoms. The summed E-state index contributed by atoms with van der Waals surface area (Å²) in [5, 5.41) is 0.285. The smallest absolute Gasteiger partial charge is 0.195 e. The molecule has 0 aliphatic heterocycles. The summed E-state index contributed by atoms with van der Waals surface area (Å²) in [5.74, 6) is -0.910. The number of hydrogen-bond acceptors (Lipinski definition) is 1. The molecule has 0 amide bonds. The van der Waals surface area contributed by atoms with Crippen LogP contribution in [0.15, 0.2) is 42.5 Å². The van der Waals surface area contributed by atoms with Gasteiger partial charge in [0.15, 0.2) is 5.78 Å². The number of hydrogen-bond donors (Lipinski definition) is 0. The Morgan fingerprint density at radius 3 is 2.42 bits per heavy atom. The first-order valence-corrected chi connectivity index (χ1v) is 6.58. The van der Waals surface area contributed by atoms with Crippen molar-refractivity contribution in [3.8, 4) is 0 Å². The minimum Gasteiger partial charge on any atom is -0.288 e. The molecule has 0 saturated heterocycles. The Morgan fingerprint density at radius 2 is 1.84 bits per heavy atom. The second-order valence-electron chi connectivity index (χ2n) is 4.40. The maximum absolute atomic E-state index is 13.7. The van der Waals surface area contributed by atoms with Gasteiger partial charge in [0.2, 0.25) is 0 Å². The van der Waals surface area contributed by atoms with Gasteiger partial charge in [-0.05, 0) is 30.2 Å². The van der Waals surface area contributed by atoms with Crippen LogP contribution in [0.4, 0.5) is 4.39 Å². The molecule has 98 valence electrons. The number of ketones is 1. The summed E-state index contributed by atoms with van der Waals surface area (Å²) < 4.78 is 13.7. The quantitative estimate of drug-likeness (QED) is 0.742. The van der Waals surface area contributed by atoms with Gasteiger partial charge in [0.05, 0.1) is 5.56 Å². The predicted octanol–water partition coefficient (Wildman–Crippen LogP) is 4.66. The summed E-state index contributed by atoms with van der Waals surface area (Å²) >= 11 is 5.67. The van der Waals surface area contributed by atoms with Crippen molar-refractivity contribution in [3.05, 3.63) is 70.0 Å². The standard InChI is InChI=1S/C16H14ClFO/c1-2-3-11-4-6-12(7-5-11)16(19)14-9-8-13(17)10-15(14)18/h4-10H,2-3H2,1H3. The number of halogens is 2. The molecule has 1 nitrogen and oxygen atoms in total. The van der Waals surface area contributed by atoms with Crippen LogP contribution in [0.25, 0.3) is 0 Å². The van der Waals surface area contributed by atoms with Gasteiger partial charge in [-0.3, -0.25) is 4.79 Å². The monoisotopic (exact) mass is 276 g/mol. The summed E-state index contributed by atoms with van der Waals surface area (Å²) in [5.41, 5.74) is 1.71. The number of carbonyl (C=O) groups is 1. The van der Waals surface area contributed by atoms with E-state index in [2.05, 4.69) is 6.92 Å². The molecule has 0 aromatic heterocycles.